The summed E-state index contributed by atoms with van der Waals surface area (Å²) in [6, 6.07) is 0. The highest BCUT2D eigenvalue weighted by Gasteiger charge is 1.73. The Bertz CT molecular complexity index is 77.7. The van der Waals surface area contributed by atoms with Gasteiger partial charge in [0.1, 0.15) is 12.9 Å². The van der Waals surface area contributed by atoms with Crippen molar-refractivity contribution in [2.45, 2.75) is 0 Å². The Morgan fingerprint density at radius 3 is 2.88 bits per heavy atom. The Kier molecular flexibility index (Phi) is 5.32. The van der Waals surface area contributed by atoms with Gasteiger partial charge in [-0.15, -0.1) is 0 Å². The number of rotatable bonds is 4. The molecular formula is C5H8O3. The highest BCUT2D eigenvalue weighted by Crippen LogP contribution is 1.77. The van der Waals surface area contributed by atoms with Crippen LogP contribution >= 0.6 is 0 Å². The monoisotopic (exact) mass is 116 g/mol. The normalized spacial score (nSPS) is 9.50. The fourth-order valence-corrected chi connectivity index (χ4v) is 0.170. The van der Waals surface area contributed by atoms with Crippen molar-refractivity contribution in [3.8, 4) is 0 Å². The Balaban J connectivity index is 2.82. The molecule has 0 aliphatic carbocycles. The summed E-state index contributed by atoms with van der Waals surface area (Å²) in [5, 5.41) is 8.02. The summed E-state index contributed by atoms with van der Waals surface area (Å²) >= 11 is 0. The Morgan fingerprint density at radius 2 is 2.38 bits per heavy atom. The Hall–Kier alpha value is -0.960. The molecule has 0 amide bonds. The van der Waals surface area contributed by atoms with Gasteiger partial charge in [0.05, 0.1) is 6.26 Å². The molecule has 0 bridgehead atoms. The van der Waals surface area contributed by atoms with Crippen LogP contribution in [0, 0.1) is 0 Å². The van der Waals surface area contributed by atoms with Crippen LogP contribution in [0.2, 0.25) is 0 Å². The number of hydrogen-bond acceptors (Lipinski definition) is 3. The molecule has 0 aromatic carbocycles. The Labute approximate surface area is 47.8 Å². The first-order chi connectivity index (χ1) is 3.91. The molecule has 0 unspecified atom stereocenters. The van der Waals surface area contributed by atoms with E-state index >= 15 is 0 Å². The predicted molar refractivity (Wildman–Crippen MR) is 29.0 cm³/mol. The molecule has 0 spiro atoms. The van der Waals surface area contributed by atoms with Crippen LogP contribution in [0.4, 0.5) is 0 Å². The zero-order valence-electron chi connectivity index (χ0n) is 4.41. The van der Waals surface area contributed by atoms with Crippen LogP contribution in [0.1, 0.15) is 0 Å². The molecule has 46 valence electrons. The standard InChI is InChI=1S/C5H8O3/c1-2-7-8-5-3-4-6/h2-4,6H,1,5H2. The summed E-state index contributed by atoms with van der Waals surface area (Å²) in [6.07, 6.45) is 3.43. The van der Waals surface area contributed by atoms with E-state index in [1.807, 2.05) is 0 Å². The molecule has 0 heterocycles. The van der Waals surface area contributed by atoms with Crippen LogP contribution in [0.5, 0.6) is 0 Å². The lowest BCUT2D eigenvalue weighted by Gasteiger charge is -1.91. The van der Waals surface area contributed by atoms with Gasteiger partial charge in [-0.2, -0.15) is 4.89 Å². The van der Waals surface area contributed by atoms with E-state index in [1.54, 1.807) is 0 Å². The van der Waals surface area contributed by atoms with Gasteiger partial charge < -0.3 is 9.99 Å². The third-order valence-electron chi connectivity index (χ3n) is 0.406. The van der Waals surface area contributed by atoms with Crippen molar-refractivity contribution >= 4 is 0 Å². The highest BCUT2D eigenvalue weighted by atomic mass is 17.2. The zero-order valence-corrected chi connectivity index (χ0v) is 4.41. The molecule has 0 fully saturated rings. The maximum Gasteiger partial charge on any atom is 0.122 e. The van der Waals surface area contributed by atoms with Crippen molar-refractivity contribution in [2.24, 2.45) is 0 Å². The predicted octanol–water partition coefficient (Wildman–Crippen LogP) is 1.15. The minimum absolute atomic E-state index is 0.225. The third-order valence-corrected chi connectivity index (χ3v) is 0.406. The maximum atomic E-state index is 8.02. The van der Waals surface area contributed by atoms with Crippen LogP contribution in [0.15, 0.2) is 25.2 Å². The number of aliphatic hydroxyl groups excluding tert-OH is 1. The van der Waals surface area contributed by atoms with Crippen molar-refractivity contribution < 1.29 is 14.9 Å². The first kappa shape index (κ1) is 7.04. The van der Waals surface area contributed by atoms with Crippen molar-refractivity contribution in [1.82, 2.24) is 0 Å². The van der Waals surface area contributed by atoms with Crippen molar-refractivity contribution in [3.05, 3.63) is 25.2 Å². The fourth-order valence-electron chi connectivity index (χ4n) is 0.170. The first-order valence-electron chi connectivity index (χ1n) is 2.10. The van der Waals surface area contributed by atoms with Gasteiger partial charge in [-0.3, -0.25) is 0 Å². The van der Waals surface area contributed by atoms with Gasteiger partial charge in [0, 0.05) is 0 Å². The largest absolute Gasteiger partial charge is 0.516 e. The van der Waals surface area contributed by atoms with Gasteiger partial charge in [0.15, 0.2) is 0 Å². The lowest BCUT2D eigenvalue weighted by Crippen LogP contribution is -1.85. The fraction of sp³-hybridized carbons (Fsp3) is 0.200. The van der Waals surface area contributed by atoms with Gasteiger partial charge in [-0.1, -0.05) is 6.58 Å². The average molecular weight is 116 g/mol. The molecular weight excluding hydrogens is 108 g/mol. The molecule has 0 saturated carbocycles. The molecule has 0 aromatic heterocycles. The summed E-state index contributed by atoms with van der Waals surface area (Å²) in [6.45, 7) is 3.45. The van der Waals surface area contributed by atoms with E-state index in [2.05, 4.69) is 16.4 Å². The van der Waals surface area contributed by atoms with Gasteiger partial charge in [-0.05, 0) is 6.08 Å². The van der Waals surface area contributed by atoms with Crippen molar-refractivity contribution in [2.75, 3.05) is 6.61 Å². The minimum Gasteiger partial charge on any atom is -0.516 e. The molecule has 0 aliphatic rings. The van der Waals surface area contributed by atoms with Gasteiger partial charge in [0.2, 0.25) is 0 Å². The van der Waals surface area contributed by atoms with Gasteiger partial charge in [-0.25, -0.2) is 0 Å². The van der Waals surface area contributed by atoms with E-state index in [0.717, 1.165) is 12.5 Å². The second kappa shape index (κ2) is 6.04. The first-order valence-corrected chi connectivity index (χ1v) is 2.10. The zero-order chi connectivity index (χ0) is 6.24. The smallest absolute Gasteiger partial charge is 0.122 e. The summed E-state index contributed by atoms with van der Waals surface area (Å²) < 4.78 is 0. The molecule has 1 N–H and O–H groups in total. The minimum atomic E-state index is 0.225. The molecule has 3 nitrogen and oxygen atoms in total. The summed E-state index contributed by atoms with van der Waals surface area (Å²) in [7, 11) is 0. The van der Waals surface area contributed by atoms with Gasteiger partial charge in [0.25, 0.3) is 0 Å². The van der Waals surface area contributed by atoms with Crippen molar-refractivity contribution in [3.63, 3.8) is 0 Å². The van der Waals surface area contributed by atoms with E-state index in [4.69, 9.17) is 5.11 Å². The van der Waals surface area contributed by atoms with Crippen LogP contribution in [0.25, 0.3) is 0 Å². The van der Waals surface area contributed by atoms with Crippen LogP contribution in [-0.4, -0.2) is 11.7 Å². The number of hydrogen-bond donors (Lipinski definition) is 1. The summed E-state index contributed by atoms with van der Waals surface area (Å²) in [5.41, 5.74) is 0. The molecule has 0 radical (unpaired) electrons. The lowest BCUT2D eigenvalue weighted by atomic mass is 10.7. The van der Waals surface area contributed by atoms with E-state index in [0.29, 0.717) is 0 Å². The van der Waals surface area contributed by atoms with Crippen LogP contribution in [0.3, 0.4) is 0 Å². The van der Waals surface area contributed by atoms with E-state index < -0.39 is 0 Å². The summed E-state index contributed by atoms with van der Waals surface area (Å²) in [5.74, 6) is 0. The molecule has 0 saturated heterocycles. The second-order valence-corrected chi connectivity index (χ2v) is 0.932. The molecule has 0 aromatic rings. The van der Waals surface area contributed by atoms with Crippen LogP contribution < -0.4 is 0 Å². The van der Waals surface area contributed by atoms with Crippen LogP contribution in [-0.2, 0) is 9.78 Å². The van der Waals surface area contributed by atoms with E-state index in [9.17, 15) is 0 Å². The lowest BCUT2D eigenvalue weighted by molar-refractivity contribution is -0.238. The molecule has 3 heteroatoms. The van der Waals surface area contributed by atoms with E-state index in [-0.39, 0.29) is 6.61 Å². The molecule has 0 rings (SSSR count). The molecule has 0 aliphatic heterocycles. The van der Waals surface area contributed by atoms with E-state index in [1.165, 1.54) is 6.08 Å². The Morgan fingerprint density at radius 1 is 1.62 bits per heavy atom. The maximum absolute atomic E-state index is 8.02. The van der Waals surface area contributed by atoms with Gasteiger partial charge >= 0.3 is 0 Å². The SMILES string of the molecule is C=COOCC=CO. The van der Waals surface area contributed by atoms with Crippen molar-refractivity contribution in [1.29, 1.82) is 0 Å². The topological polar surface area (TPSA) is 38.7 Å². The molecule has 8 heavy (non-hydrogen) atoms. The number of aliphatic hydroxyl groups is 1. The molecule has 0 atom stereocenters. The summed E-state index contributed by atoms with van der Waals surface area (Å²) in [4.78, 5) is 8.60. The third kappa shape index (κ3) is 5.04. The quantitative estimate of drug-likeness (QED) is 0.259. The second-order valence-electron chi connectivity index (χ2n) is 0.932. The average Bonchev–Trinajstić information content (AvgIpc) is 1.81. The highest BCUT2D eigenvalue weighted by molar-refractivity contribution is 4.68.